The summed E-state index contributed by atoms with van der Waals surface area (Å²) in [5, 5.41) is 9.22. The molecule has 0 aromatic heterocycles. The molecule has 0 aliphatic rings. The molecule has 2 aromatic carbocycles. The third kappa shape index (κ3) is 9.95. The first-order chi connectivity index (χ1) is 16.0. The number of ether oxygens (including phenoxy) is 3. The topological polar surface area (TPSA) is 85.3 Å². The van der Waals surface area contributed by atoms with Crippen molar-refractivity contribution < 1.29 is 28.9 Å². The van der Waals surface area contributed by atoms with Crippen LogP contribution in [0.5, 0.6) is 5.75 Å². The van der Waals surface area contributed by atoms with E-state index in [2.05, 4.69) is 6.92 Å². The SMILES string of the molecule is CCCCCN(CCOc1ccc(CC(OCC)C(=O)O)cc1)C(=O)OCc1ccccc1. The van der Waals surface area contributed by atoms with Gasteiger partial charge in [-0.1, -0.05) is 62.2 Å². The van der Waals surface area contributed by atoms with Gasteiger partial charge < -0.3 is 24.2 Å². The number of carbonyl (C=O) groups excluding carboxylic acids is 1. The summed E-state index contributed by atoms with van der Waals surface area (Å²) < 4.78 is 16.6. The minimum Gasteiger partial charge on any atom is -0.492 e. The lowest BCUT2D eigenvalue weighted by Gasteiger charge is -2.22. The van der Waals surface area contributed by atoms with Crippen molar-refractivity contribution in [1.29, 1.82) is 0 Å². The lowest BCUT2D eigenvalue weighted by Crippen LogP contribution is -2.35. The number of hydrogen-bond acceptors (Lipinski definition) is 5. The molecule has 0 fully saturated rings. The molecule has 0 aliphatic carbocycles. The molecule has 0 heterocycles. The Hall–Kier alpha value is -3.06. The molecule has 7 heteroatoms. The van der Waals surface area contributed by atoms with Gasteiger partial charge in [-0.3, -0.25) is 0 Å². The molecule has 1 atom stereocenters. The Labute approximate surface area is 196 Å². The van der Waals surface area contributed by atoms with Crippen molar-refractivity contribution in [2.24, 2.45) is 0 Å². The molecule has 1 N–H and O–H groups in total. The summed E-state index contributed by atoms with van der Waals surface area (Å²) in [7, 11) is 0. The van der Waals surface area contributed by atoms with Crippen molar-refractivity contribution in [2.45, 2.75) is 52.2 Å². The maximum Gasteiger partial charge on any atom is 0.410 e. The standard InChI is InChI=1S/C26H35NO6/c1-3-5-9-16-27(26(30)33-20-22-10-7-6-8-11-22)17-18-32-23-14-12-21(13-15-23)19-24(25(28)29)31-4-2/h6-8,10-15,24H,3-5,9,16-20H2,1-2H3,(H,28,29). The molecule has 1 unspecified atom stereocenters. The van der Waals surface area contributed by atoms with Gasteiger partial charge >= 0.3 is 12.1 Å². The third-order valence-electron chi connectivity index (χ3n) is 5.11. The molecule has 180 valence electrons. The Bertz CT molecular complexity index is 824. The molecule has 2 rings (SSSR count). The Morgan fingerprint density at radius 1 is 0.939 bits per heavy atom. The van der Waals surface area contributed by atoms with Crippen LogP contribution < -0.4 is 4.74 Å². The van der Waals surface area contributed by atoms with Crippen LogP contribution in [0.1, 0.15) is 44.2 Å². The van der Waals surface area contributed by atoms with Crippen molar-refractivity contribution in [3.63, 3.8) is 0 Å². The van der Waals surface area contributed by atoms with Gasteiger partial charge in [-0.2, -0.15) is 0 Å². The molecule has 33 heavy (non-hydrogen) atoms. The lowest BCUT2D eigenvalue weighted by atomic mass is 10.1. The molecule has 0 radical (unpaired) electrons. The van der Waals surface area contributed by atoms with Crippen LogP contribution in [0.15, 0.2) is 54.6 Å². The molecular formula is C26H35NO6. The van der Waals surface area contributed by atoms with Gasteiger partial charge in [-0.15, -0.1) is 0 Å². The third-order valence-corrected chi connectivity index (χ3v) is 5.11. The first kappa shape index (κ1) is 26.2. The Morgan fingerprint density at radius 2 is 1.67 bits per heavy atom. The predicted molar refractivity (Wildman–Crippen MR) is 126 cm³/mol. The van der Waals surface area contributed by atoms with Gasteiger partial charge in [-0.05, 0) is 36.6 Å². The predicted octanol–water partition coefficient (Wildman–Crippen LogP) is 4.93. The van der Waals surface area contributed by atoms with Crippen LogP contribution in [0.4, 0.5) is 4.79 Å². The Kier molecular flexibility index (Phi) is 11.8. The van der Waals surface area contributed by atoms with Crippen LogP contribution in [0, 0.1) is 0 Å². The highest BCUT2D eigenvalue weighted by Gasteiger charge is 2.18. The van der Waals surface area contributed by atoms with E-state index in [9.17, 15) is 14.7 Å². The van der Waals surface area contributed by atoms with Crippen LogP contribution in [-0.2, 0) is 27.3 Å². The first-order valence-electron chi connectivity index (χ1n) is 11.5. The number of amides is 1. The monoisotopic (exact) mass is 457 g/mol. The van der Waals surface area contributed by atoms with Crippen LogP contribution in [0.3, 0.4) is 0 Å². The minimum atomic E-state index is -0.973. The molecular weight excluding hydrogens is 422 g/mol. The van der Waals surface area contributed by atoms with Crippen LogP contribution >= 0.6 is 0 Å². The number of rotatable bonds is 15. The number of carboxylic acid groups (broad SMARTS) is 1. The number of hydrogen-bond donors (Lipinski definition) is 1. The second-order valence-electron chi connectivity index (χ2n) is 7.71. The van der Waals surface area contributed by atoms with E-state index in [4.69, 9.17) is 14.2 Å². The van der Waals surface area contributed by atoms with E-state index >= 15 is 0 Å². The van der Waals surface area contributed by atoms with E-state index in [1.165, 1.54) is 0 Å². The number of nitrogens with zero attached hydrogens (tertiary/aromatic N) is 1. The van der Waals surface area contributed by atoms with Gasteiger partial charge in [-0.25, -0.2) is 9.59 Å². The lowest BCUT2D eigenvalue weighted by molar-refractivity contribution is -0.149. The molecule has 0 aliphatic heterocycles. The second-order valence-corrected chi connectivity index (χ2v) is 7.71. The van der Waals surface area contributed by atoms with E-state index in [0.29, 0.717) is 38.5 Å². The summed E-state index contributed by atoms with van der Waals surface area (Å²) in [4.78, 5) is 25.5. The van der Waals surface area contributed by atoms with E-state index in [1.54, 1.807) is 24.0 Å². The Morgan fingerprint density at radius 3 is 2.30 bits per heavy atom. The maximum absolute atomic E-state index is 12.6. The van der Waals surface area contributed by atoms with Crippen molar-refractivity contribution in [2.75, 3.05) is 26.3 Å². The first-order valence-corrected chi connectivity index (χ1v) is 11.5. The molecule has 2 aromatic rings. The number of benzene rings is 2. The fourth-order valence-electron chi connectivity index (χ4n) is 3.29. The highest BCUT2D eigenvalue weighted by Crippen LogP contribution is 2.15. The number of carbonyl (C=O) groups is 2. The quantitative estimate of drug-likeness (QED) is 0.382. The van der Waals surface area contributed by atoms with Gasteiger partial charge in [0.05, 0.1) is 6.54 Å². The fourth-order valence-corrected chi connectivity index (χ4v) is 3.29. The van der Waals surface area contributed by atoms with E-state index < -0.39 is 12.1 Å². The molecule has 0 bridgehead atoms. The summed E-state index contributed by atoms with van der Waals surface area (Å²) in [6.07, 6.45) is 2.12. The summed E-state index contributed by atoms with van der Waals surface area (Å²) in [5.74, 6) is -0.312. The summed E-state index contributed by atoms with van der Waals surface area (Å²) in [5.41, 5.74) is 1.80. The molecule has 1 amide bonds. The zero-order valence-corrected chi connectivity index (χ0v) is 19.6. The summed E-state index contributed by atoms with van der Waals surface area (Å²) >= 11 is 0. The van der Waals surface area contributed by atoms with E-state index in [1.807, 2.05) is 42.5 Å². The highest BCUT2D eigenvalue weighted by atomic mass is 16.6. The molecule has 7 nitrogen and oxygen atoms in total. The minimum absolute atomic E-state index is 0.241. The second kappa shape index (κ2) is 14.9. The van der Waals surface area contributed by atoms with Gasteiger partial charge in [0.1, 0.15) is 19.0 Å². The normalized spacial score (nSPS) is 11.6. The number of unbranched alkanes of at least 4 members (excludes halogenated alkanes) is 2. The summed E-state index contributed by atoms with van der Waals surface area (Å²) in [6, 6.07) is 16.9. The molecule has 0 spiro atoms. The number of aliphatic carboxylic acids is 1. The van der Waals surface area contributed by atoms with Crippen LogP contribution in [0.25, 0.3) is 0 Å². The average molecular weight is 458 g/mol. The zero-order chi connectivity index (χ0) is 23.9. The van der Waals surface area contributed by atoms with Gasteiger partial charge in [0, 0.05) is 19.6 Å². The van der Waals surface area contributed by atoms with Crippen molar-refractivity contribution in [3.8, 4) is 5.75 Å². The van der Waals surface area contributed by atoms with Crippen molar-refractivity contribution in [1.82, 2.24) is 4.90 Å². The van der Waals surface area contributed by atoms with Crippen LogP contribution in [0.2, 0.25) is 0 Å². The zero-order valence-electron chi connectivity index (χ0n) is 19.6. The van der Waals surface area contributed by atoms with Crippen molar-refractivity contribution >= 4 is 12.1 Å². The van der Waals surface area contributed by atoms with Gasteiger partial charge in [0.15, 0.2) is 6.10 Å². The Balaban J connectivity index is 1.84. The fraction of sp³-hybridized carbons (Fsp3) is 0.462. The van der Waals surface area contributed by atoms with Crippen LogP contribution in [-0.4, -0.2) is 54.5 Å². The highest BCUT2D eigenvalue weighted by molar-refractivity contribution is 5.72. The maximum atomic E-state index is 12.6. The average Bonchev–Trinajstić information content (AvgIpc) is 2.83. The van der Waals surface area contributed by atoms with Crippen molar-refractivity contribution in [3.05, 3.63) is 65.7 Å². The smallest absolute Gasteiger partial charge is 0.410 e. The van der Waals surface area contributed by atoms with Gasteiger partial charge in [0.25, 0.3) is 0 Å². The van der Waals surface area contributed by atoms with Gasteiger partial charge in [0.2, 0.25) is 0 Å². The van der Waals surface area contributed by atoms with E-state index in [0.717, 1.165) is 30.4 Å². The summed E-state index contributed by atoms with van der Waals surface area (Å²) in [6.45, 7) is 5.87. The molecule has 0 saturated carbocycles. The number of carboxylic acids is 1. The molecule has 0 saturated heterocycles. The largest absolute Gasteiger partial charge is 0.492 e. The van der Waals surface area contributed by atoms with E-state index in [-0.39, 0.29) is 12.7 Å².